The summed E-state index contributed by atoms with van der Waals surface area (Å²) in [6.07, 6.45) is 2.77. The van der Waals surface area contributed by atoms with Crippen molar-refractivity contribution in [1.29, 1.82) is 0 Å². The van der Waals surface area contributed by atoms with Gasteiger partial charge in [-0.1, -0.05) is 65.0 Å². The molecule has 1 aromatic carbocycles. The highest BCUT2D eigenvalue weighted by atomic mass is 16.1. The van der Waals surface area contributed by atoms with Crippen LogP contribution in [0.3, 0.4) is 0 Å². The first kappa shape index (κ1) is 16.5. The second-order valence-electron chi connectivity index (χ2n) is 6.92. The van der Waals surface area contributed by atoms with E-state index in [9.17, 15) is 4.79 Å². The monoisotopic (exact) mass is 273 g/mol. The van der Waals surface area contributed by atoms with Crippen LogP contribution in [0.25, 0.3) is 6.08 Å². The molecule has 0 fully saturated rings. The van der Waals surface area contributed by atoms with Gasteiger partial charge in [-0.15, -0.1) is 0 Å². The van der Waals surface area contributed by atoms with Crippen LogP contribution < -0.4 is 5.32 Å². The summed E-state index contributed by atoms with van der Waals surface area (Å²) in [7, 11) is 0. The zero-order chi connectivity index (χ0) is 15.2. The Morgan fingerprint density at radius 2 is 1.80 bits per heavy atom. The molecule has 110 valence electrons. The Balaban J connectivity index is 2.91. The summed E-state index contributed by atoms with van der Waals surface area (Å²) in [6, 6.07) is 10.0. The minimum absolute atomic E-state index is 0.0532. The average molecular weight is 273 g/mol. The molecule has 0 radical (unpaired) electrons. The molecule has 0 aliphatic heterocycles. The van der Waals surface area contributed by atoms with Crippen LogP contribution in [0.2, 0.25) is 0 Å². The average Bonchev–Trinajstić information content (AvgIpc) is 2.34. The van der Waals surface area contributed by atoms with E-state index < -0.39 is 0 Å². The number of benzene rings is 1. The van der Waals surface area contributed by atoms with E-state index in [4.69, 9.17) is 0 Å². The molecule has 0 heterocycles. The van der Waals surface area contributed by atoms with Gasteiger partial charge in [0.15, 0.2) is 0 Å². The molecule has 1 N–H and O–H groups in total. The lowest BCUT2D eigenvalue weighted by atomic mass is 9.87. The maximum Gasteiger partial charge on any atom is 0.247 e. The topological polar surface area (TPSA) is 29.1 Å². The van der Waals surface area contributed by atoms with E-state index in [0.717, 1.165) is 24.1 Å². The summed E-state index contributed by atoms with van der Waals surface area (Å²) in [5, 5.41) is 3.02. The third-order valence-electron chi connectivity index (χ3n) is 2.82. The lowest BCUT2D eigenvalue weighted by Gasteiger charge is -2.20. The zero-order valence-electron chi connectivity index (χ0n) is 13.4. The number of rotatable bonds is 5. The van der Waals surface area contributed by atoms with Gasteiger partial charge in [-0.25, -0.2) is 0 Å². The Kier molecular flexibility index (Phi) is 6.00. The maximum absolute atomic E-state index is 12.4. The van der Waals surface area contributed by atoms with Crippen molar-refractivity contribution in [3.63, 3.8) is 0 Å². The summed E-state index contributed by atoms with van der Waals surface area (Å²) < 4.78 is 0. The second kappa shape index (κ2) is 7.28. The first-order chi connectivity index (χ1) is 9.28. The maximum atomic E-state index is 12.4. The fraction of sp³-hybridized carbons (Fsp3) is 0.500. The van der Waals surface area contributed by atoms with Crippen LogP contribution in [0, 0.1) is 11.3 Å². The van der Waals surface area contributed by atoms with E-state index in [-0.39, 0.29) is 11.3 Å². The molecule has 0 spiro atoms. The van der Waals surface area contributed by atoms with Crippen LogP contribution >= 0.6 is 0 Å². The second-order valence-corrected chi connectivity index (χ2v) is 6.92. The van der Waals surface area contributed by atoms with Crippen LogP contribution in [0.5, 0.6) is 0 Å². The SMILES string of the molecule is CC(C)CNC(=O)/C(=C/c1ccccc1)CC(C)(C)C. The molecule has 1 amide bonds. The van der Waals surface area contributed by atoms with E-state index in [1.807, 2.05) is 36.4 Å². The Bertz CT molecular complexity index is 452. The summed E-state index contributed by atoms with van der Waals surface area (Å²) >= 11 is 0. The Hall–Kier alpha value is -1.57. The van der Waals surface area contributed by atoms with Gasteiger partial charge in [-0.3, -0.25) is 4.79 Å². The molecule has 2 heteroatoms. The van der Waals surface area contributed by atoms with Gasteiger partial charge < -0.3 is 5.32 Å². The minimum Gasteiger partial charge on any atom is -0.352 e. The van der Waals surface area contributed by atoms with E-state index in [1.54, 1.807) is 0 Å². The number of carbonyl (C=O) groups excluding carboxylic acids is 1. The van der Waals surface area contributed by atoms with Gasteiger partial charge >= 0.3 is 0 Å². The smallest absolute Gasteiger partial charge is 0.247 e. The predicted molar refractivity (Wildman–Crippen MR) is 86.3 cm³/mol. The van der Waals surface area contributed by atoms with Gasteiger partial charge in [-0.05, 0) is 29.4 Å². The lowest BCUT2D eigenvalue weighted by molar-refractivity contribution is -0.117. The molecule has 0 aliphatic carbocycles. The summed E-state index contributed by atoms with van der Waals surface area (Å²) in [5.74, 6) is 0.518. The number of hydrogen-bond donors (Lipinski definition) is 1. The van der Waals surface area contributed by atoms with Crippen LogP contribution in [0.1, 0.15) is 46.6 Å². The zero-order valence-corrected chi connectivity index (χ0v) is 13.4. The highest BCUT2D eigenvalue weighted by molar-refractivity contribution is 5.97. The molecule has 2 nitrogen and oxygen atoms in total. The quantitative estimate of drug-likeness (QED) is 0.797. The summed E-state index contributed by atoms with van der Waals surface area (Å²) in [4.78, 5) is 12.4. The third-order valence-corrected chi connectivity index (χ3v) is 2.82. The standard InChI is InChI=1S/C18H27NO/c1-14(2)13-19-17(20)16(12-18(3,4)5)11-15-9-7-6-8-10-15/h6-11,14H,12-13H2,1-5H3,(H,19,20)/b16-11+. The van der Waals surface area contributed by atoms with E-state index in [0.29, 0.717) is 5.92 Å². The Morgan fingerprint density at radius 3 is 2.30 bits per heavy atom. The molecule has 0 saturated heterocycles. The highest BCUT2D eigenvalue weighted by Crippen LogP contribution is 2.25. The lowest BCUT2D eigenvalue weighted by Crippen LogP contribution is -2.30. The van der Waals surface area contributed by atoms with Crippen molar-refractivity contribution in [1.82, 2.24) is 5.32 Å². The van der Waals surface area contributed by atoms with Crippen LogP contribution in [-0.2, 0) is 4.79 Å². The van der Waals surface area contributed by atoms with Crippen molar-refractivity contribution in [3.05, 3.63) is 41.5 Å². The van der Waals surface area contributed by atoms with E-state index in [1.165, 1.54) is 0 Å². The van der Waals surface area contributed by atoms with Crippen molar-refractivity contribution in [3.8, 4) is 0 Å². The van der Waals surface area contributed by atoms with Gasteiger partial charge in [0.2, 0.25) is 5.91 Å². The molecule has 0 aliphatic rings. The minimum atomic E-state index is 0.0532. The largest absolute Gasteiger partial charge is 0.352 e. The van der Waals surface area contributed by atoms with Crippen molar-refractivity contribution in [2.24, 2.45) is 11.3 Å². The Morgan fingerprint density at radius 1 is 1.20 bits per heavy atom. The third kappa shape index (κ3) is 6.55. The molecular weight excluding hydrogens is 246 g/mol. The van der Waals surface area contributed by atoms with Crippen molar-refractivity contribution in [2.45, 2.75) is 41.0 Å². The van der Waals surface area contributed by atoms with Crippen molar-refractivity contribution >= 4 is 12.0 Å². The van der Waals surface area contributed by atoms with Gasteiger partial charge in [0.1, 0.15) is 0 Å². The molecule has 0 aromatic heterocycles. The molecule has 0 saturated carbocycles. The van der Waals surface area contributed by atoms with Gasteiger partial charge in [-0.2, -0.15) is 0 Å². The summed E-state index contributed by atoms with van der Waals surface area (Å²) in [5.41, 5.74) is 2.02. The number of nitrogens with one attached hydrogen (secondary N) is 1. The predicted octanol–water partition coefficient (Wildman–Crippen LogP) is 4.28. The van der Waals surface area contributed by atoms with Crippen LogP contribution in [0.15, 0.2) is 35.9 Å². The van der Waals surface area contributed by atoms with Gasteiger partial charge in [0.05, 0.1) is 0 Å². The number of hydrogen-bond acceptors (Lipinski definition) is 1. The molecule has 20 heavy (non-hydrogen) atoms. The first-order valence-electron chi connectivity index (χ1n) is 7.32. The normalized spacial score (nSPS) is 12.6. The van der Waals surface area contributed by atoms with E-state index >= 15 is 0 Å². The molecule has 0 atom stereocenters. The Labute approximate surface area is 123 Å². The highest BCUT2D eigenvalue weighted by Gasteiger charge is 2.18. The summed E-state index contributed by atoms with van der Waals surface area (Å²) in [6.45, 7) is 11.4. The number of carbonyl (C=O) groups is 1. The van der Waals surface area contributed by atoms with E-state index in [2.05, 4.69) is 39.9 Å². The van der Waals surface area contributed by atoms with Gasteiger partial charge in [0, 0.05) is 12.1 Å². The molecule has 0 unspecified atom stereocenters. The molecular formula is C18H27NO. The molecule has 1 aromatic rings. The number of amides is 1. The van der Waals surface area contributed by atoms with Crippen molar-refractivity contribution < 1.29 is 4.79 Å². The molecule has 0 bridgehead atoms. The molecule has 1 rings (SSSR count). The fourth-order valence-corrected chi connectivity index (χ4v) is 1.93. The first-order valence-corrected chi connectivity index (χ1v) is 7.32. The van der Waals surface area contributed by atoms with Crippen molar-refractivity contribution in [2.75, 3.05) is 6.54 Å². The van der Waals surface area contributed by atoms with Gasteiger partial charge in [0.25, 0.3) is 0 Å². The fourth-order valence-electron chi connectivity index (χ4n) is 1.93. The van der Waals surface area contributed by atoms with Crippen LogP contribution in [-0.4, -0.2) is 12.5 Å². The van der Waals surface area contributed by atoms with Crippen LogP contribution in [0.4, 0.5) is 0 Å².